The summed E-state index contributed by atoms with van der Waals surface area (Å²) in [6.07, 6.45) is 1.68. The highest BCUT2D eigenvalue weighted by Crippen LogP contribution is 2.23. The molecule has 1 aliphatic heterocycles. The van der Waals surface area contributed by atoms with Crippen molar-refractivity contribution in [3.05, 3.63) is 23.2 Å². The van der Waals surface area contributed by atoms with Gasteiger partial charge in [0.15, 0.2) is 0 Å². The summed E-state index contributed by atoms with van der Waals surface area (Å²) < 4.78 is 0. The molecule has 1 aromatic carbocycles. The number of anilines is 2. The maximum absolute atomic E-state index is 12.1. The molecule has 0 radical (unpaired) electrons. The van der Waals surface area contributed by atoms with Gasteiger partial charge in [0.05, 0.1) is 24.0 Å². The first-order valence-electron chi connectivity index (χ1n) is 6.82. The second-order valence-electron chi connectivity index (χ2n) is 5.02. The third-order valence-electron chi connectivity index (χ3n) is 3.55. The number of nitrogen functional groups attached to an aromatic ring is 1. The van der Waals surface area contributed by atoms with Gasteiger partial charge in [-0.15, -0.1) is 0 Å². The lowest BCUT2D eigenvalue weighted by Crippen LogP contribution is -2.45. The lowest BCUT2D eigenvalue weighted by molar-refractivity contribution is -0.126. The molecule has 1 aromatic rings. The summed E-state index contributed by atoms with van der Waals surface area (Å²) in [4.78, 5) is 25.7. The molecule has 114 valence electrons. The number of benzene rings is 1. The van der Waals surface area contributed by atoms with Crippen LogP contribution in [-0.2, 0) is 9.59 Å². The number of halogens is 1. The van der Waals surface area contributed by atoms with E-state index in [2.05, 4.69) is 10.6 Å². The van der Waals surface area contributed by atoms with Crippen LogP contribution in [0.4, 0.5) is 11.4 Å². The van der Waals surface area contributed by atoms with E-state index < -0.39 is 0 Å². The maximum Gasteiger partial charge on any atom is 0.238 e. The number of carbonyl (C=O) groups excluding carboxylic acids is 2. The van der Waals surface area contributed by atoms with Gasteiger partial charge in [0.2, 0.25) is 11.8 Å². The first kappa shape index (κ1) is 15.6. The number of hydrogen-bond acceptors (Lipinski definition) is 4. The first-order chi connectivity index (χ1) is 10.0. The normalized spacial score (nSPS) is 18.5. The van der Waals surface area contributed by atoms with Gasteiger partial charge in [0.1, 0.15) is 0 Å². The van der Waals surface area contributed by atoms with Crippen LogP contribution in [0.2, 0.25) is 5.02 Å². The molecule has 1 saturated heterocycles. The molecule has 6 nitrogen and oxygen atoms in total. The summed E-state index contributed by atoms with van der Waals surface area (Å²) in [5, 5.41) is 5.86. The largest absolute Gasteiger partial charge is 0.397 e. The van der Waals surface area contributed by atoms with Crippen molar-refractivity contribution in [2.45, 2.75) is 18.9 Å². The SMILES string of the molecule is CNC(=O)C1CCCN1CC(=O)Nc1cc(Cl)ccc1N. The predicted molar refractivity (Wildman–Crippen MR) is 83.2 cm³/mol. The molecule has 1 fully saturated rings. The second-order valence-corrected chi connectivity index (χ2v) is 5.46. The van der Waals surface area contributed by atoms with E-state index in [1.165, 1.54) is 0 Å². The summed E-state index contributed by atoms with van der Waals surface area (Å²) in [6.45, 7) is 0.889. The highest BCUT2D eigenvalue weighted by atomic mass is 35.5. The monoisotopic (exact) mass is 310 g/mol. The first-order valence-corrected chi connectivity index (χ1v) is 7.19. The van der Waals surface area contributed by atoms with Crippen molar-refractivity contribution in [1.29, 1.82) is 0 Å². The molecule has 1 heterocycles. The molecule has 7 heteroatoms. The highest BCUT2D eigenvalue weighted by molar-refractivity contribution is 6.31. The third-order valence-corrected chi connectivity index (χ3v) is 3.78. The summed E-state index contributed by atoms with van der Waals surface area (Å²) >= 11 is 5.88. The summed E-state index contributed by atoms with van der Waals surface area (Å²) in [6, 6.07) is 4.67. The molecule has 0 spiro atoms. The zero-order valence-electron chi connectivity index (χ0n) is 11.9. The average Bonchev–Trinajstić information content (AvgIpc) is 2.90. The van der Waals surface area contributed by atoms with Crippen LogP contribution in [-0.4, -0.2) is 42.9 Å². The molecule has 1 atom stereocenters. The van der Waals surface area contributed by atoms with Gasteiger partial charge in [-0.2, -0.15) is 0 Å². The smallest absolute Gasteiger partial charge is 0.238 e. The number of nitrogens with zero attached hydrogens (tertiary/aromatic N) is 1. The van der Waals surface area contributed by atoms with Crippen molar-refractivity contribution in [2.75, 3.05) is 31.2 Å². The molecule has 0 bridgehead atoms. The van der Waals surface area contributed by atoms with Crippen molar-refractivity contribution < 1.29 is 9.59 Å². The fourth-order valence-corrected chi connectivity index (χ4v) is 2.66. The number of likely N-dealkylation sites (tertiary alicyclic amines) is 1. The Balaban J connectivity index is 1.98. The Morgan fingerprint density at radius 1 is 1.48 bits per heavy atom. The van der Waals surface area contributed by atoms with Gasteiger partial charge in [-0.25, -0.2) is 0 Å². The van der Waals surface area contributed by atoms with E-state index in [4.69, 9.17) is 17.3 Å². The van der Waals surface area contributed by atoms with E-state index in [1.807, 2.05) is 4.90 Å². The van der Waals surface area contributed by atoms with Gasteiger partial charge in [-0.05, 0) is 37.6 Å². The molecule has 0 saturated carbocycles. The number of carbonyl (C=O) groups is 2. The molecule has 1 unspecified atom stereocenters. The van der Waals surface area contributed by atoms with Crippen LogP contribution in [0.15, 0.2) is 18.2 Å². The second kappa shape index (κ2) is 6.78. The molecule has 4 N–H and O–H groups in total. The summed E-state index contributed by atoms with van der Waals surface area (Å²) in [7, 11) is 1.60. The van der Waals surface area contributed by atoms with E-state index in [0.29, 0.717) is 16.4 Å². The van der Waals surface area contributed by atoms with Gasteiger partial charge in [-0.1, -0.05) is 11.6 Å². The Morgan fingerprint density at radius 2 is 2.24 bits per heavy atom. The Kier molecular flexibility index (Phi) is 5.03. The van der Waals surface area contributed by atoms with E-state index >= 15 is 0 Å². The Bertz CT molecular complexity index is 550. The average molecular weight is 311 g/mol. The molecule has 2 amide bonds. The fourth-order valence-electron chi connectivity index (χ4n) is 2.49. The lowest BCUT2D eigenvalue weighted by Gasteiger charge is -2.22. The fraction of sp³-hybridized carbons (Fsp3) is 0.429. The number of nitrogens with one attached hydrogen (secondary N) is 2. The van der Waals surface area contributed by atoms with Gasteiger partial charge >= 0.3 is 0 Å². The van der Waals surface area contributed by atoms with E-state index in [-0.39, 0.29) is 24.4 Å². The number of rotatable bonds is 4. The predicted octanol–water partition coefficient (Wildman–Crippen LogP) is 1.07. The van der Waals surface area contributed by atoms with Crippen LogP contribution in [0, 0.1) is 0 Å². The minimum Gasteiger partial charge on any atom is -0.397 e. The topological polar surface area (TPSA) is 87.5 Å². The highest BCUT2D eigenvalue weighted by Gasteiger charge is 2.31. The van der Waals surface area contributed by atoms with Crippen LogP contribution >= 0.6 is 11.6 Å². The van der Waals surface area contributed by atoms with Crippen molar-refractivity contribution in [1.82, 2.24) is 10.2 Å². The molecule has 0 aliphatic carbocycles. The number of amides is 2. The van der Waals surface area contributed by atoms with E-state index in [0.717, 1.165) is 19.4 Å². The zero-order chi connectivity index (χ0) is 15.4. The molecular weight excluding hydrogens is 292 g/mol. The van der Waals surface area contributed by atoms with E-state index in [9.17, 15) is 9.59 Å². The van der Waals surface area contributed by atoms with Crippen LogP contribution in [0.25, 0.3) is 0 Å². The quantitative estimate of drug-likeness (QED) is 0.726. The molecular formula is C14H19ClN4O2. The molecule has 21 heavy (non-hydrogen) atoms. The Hall–Kier alpha value is -1.79. The van der Waals surface area contributed by atoms with Gasteiger partial charge < -0.3 is 16.4 Å². The van der Waals surface area contributed by atoms with Gasteiger partial charge in [0, 0.05) is 12.1 Å². The van der Waals surface area contributed by atoms with Crippen LogP contribution < -0.4 is 16.4 Å². The maximum atomic E-state index is 12.1. The minimum absolute atomic E-state index is 0.0532. The summed E-state index contributed by atoms with van der Waals surface area (Å²) in [5.74, 6) is -0.262. The molecule has 1 aliphatic rings. The Morgan fingerprint density at radius 3 is 2.95 bits per heavy atom. The Labute approximate surface area is 128 Å². The van der Waals surface area contributed by atoms with E-state index in [1.54, 1.807) is 25.2 Å². The van der Waals surface area contributed by atoms with Crippen LogP contribution in [0.3, 0.4) is 0 Å². The van der Waals surface area contributed by atoms with Gasteiger partial charge in [-0.3, -0.25) is 14.5 Å². The third kappa shape index (κ3) is 3.86. The minimum atomic E-state index is -0.238. The van der Waals surface area contributed by atoms with Crippen molar-refractivity contribution >= 4 is 34.8 Å². The van der Waals surface area contributed by atoms with Crippen LogP contribution in [0.1, 0.15) is 12.8 Å². The van der Waals surface area contributed by atoms with Gasteiger partial charge in [0.25, 0.3) is 0 Å². The number of nitrogens with two attached hydrogens (primary N) is 1. The molecule has 2 rings (SSSR count). The summed E-state index contributed by atoms with van der Waals surface area (Å²) in [5.41, 5.74) is 6.74. The van der Waals surface area contributed by atoms with Crippen molar-refractivity contribution in [3.63, 3.8) is 0 Å². The van der Waals surface area contributed by atoms with Crippen LogP contribution in [0.5, 0.6) is 0 Å². The lowest BCUT2D eigenvalue weighted by atomic mass is 10.2. The van der Waals surface area contributed by atoms with Crippen molar-refractivity contribution in [3.8, 4) is 0 Å². The number of likely N-dealkylation sites (N-methyl/N-ethyl adjacent to an activating group) is 1. The number of hydrogen-bond donors (Lipinski definition) is 3. The molecule has 0 aromatic heterocycles. The van der Waals surface area contributed by atoms with Crippen molar-refractivity contribution in [2.24, 2.45) is 0 Å². The standard InChI is InChI=1S/C14H19ClN4O2/c1-17-14(21)12-3-2-6-19(12)8-13(20)18-11-7-9(15)4-5-10(11)16/h4-5,7,12H,2-3,6,8,16H2,1H3,(H,17,21)(H,18,20). The zero-order valence-corrected chi connectivity index (χ0v) is 12.6.